The van der Waals surface area contributed by atoms with E-state index in [2.05, 4.69) is 30.2 Å². The van der Waals surface area contributed by atoms with Crippen molar-refractivity contribution in [3.05, 3.63) is 62.6 Å². The van der Waals surface area contributed by atoms with E-state index < -0.39 is 5.92 Å². The van der Waals surface area contributed by atoms with Gasteiger partial charge in [0.25, 0.3) is 5.56 Å². The molecule has 0 spiro atoms. The topological polar surface area (TPSA) is 98.6 Å². The number of hydrogen-bond donors (Lipinski definition) is 2. The summed E-state index contributed by atoms with van der Waals surface area (Å²) in [7, 11) is 0. The van der Waals surface area contributed by atoms with E-state index in [0.29, 0.717) is 40.0 Å². The molecule has 0 radical (unpaired) electrons. The van der Waals surface area contributed by atoms with Crippen molar-refractivity contribution in [3.8, 4) is 6.07 Å². The number of ketones is 1. The van der Waals surface area contributed by atoms with Gasteiger partial charge in [-0.15, -0.1) is 0 Å². The molecule has 7 heteroatoms. The molecule has 0 amide bonds. The lowest BCUT2D eigenvalue weighted by Gasteiger charge is -2.32. The highest BCUT2D eigenvalue weighted by Crippen LogP contribution is 2.43. The number of carbonyl (C=O) groups excluding carboxylic acids is 1. The number of aromatic nitrogens is 2. The van der Waals surface area contributed by atoms with Crippen LogP contribution in [0, 0.1) is 17.2 Å². The van der Waals surface area contributed by atoms with Crippen LogP contribution in [0.4, 0.5) is 5.82 Å². The number of thioether (sulfide) groups is 1. The lowest BCUT2D eigenvalue weighted by Crippen LogP contribution is -2.32. The smallest absolute Gasteiger partial charge is 0.257 e. The molecule has 2 heterocycles. The van der Waals surface area contributed by atoms with Crippen LogP contribution in [0.1, 0.15) is 62.1 Å². The highest BCUT2D eigenvalue weighted by atomic mass is 32.2. The van der Waals surface area contributed by atoms with Gasteiger partial charge in [-0.05, 0) is 42.9 Å². The second kappa shape index (κ2) is 8.49. The Balaban J connectivity index is 1.80. The number of nitrogens with zero attached hydrogens (tertiary/aromatic N) is 2. The molecule has 0 saturated carbocycles. The molecular weight excluding hydrogens is 396 g/mol. The first-order valence-corrected chi connectivity index (χ1v) is 11.3. The molecule has 2 aliphatic rings. The molecular formula is C23H24N4O2S. The van der Waals surface area contributed by atoms with Gasteiger partial charge < -0.3 is 10.3 Å². The van der Waals surface area contributed by atoms with Gasteiger partial charge in [-0.1, -0.05) is 37.7 Å². The number of allylic oxidation sites excluding steroid dienone is 2. The molecule has 1 aromatic heterocycles. The normalized spacial score (nSPS) is 17.9. The number of benzene rings is 1. The molecule has 4 rings (SSSR count). The number of aromatic amines is 1. The number of hydrogen-bond acceptors (Lipinski definition) is 6. The Bertz CT molecular complexity index is 1110. The maximum absolute atomic E-state index is 13.1. The number of H-pyrrole nitrogens is 1. The van der Waals surface area contributed by atoms with E-state index >= 15 is 0 Å². The first-order valence-electron chi connectivity index (χ1n) is 10.3. The fourth-order valence-electron chi connectivity index (χ4n) is 3.98. The summed E-state index contributed by atoms with van der Waals surface area (Å²) in [5, 5.41) is 13.0. The number of Topliss-reactive ketones (excluding diaryl/α,β-unsaturated/α-hetero) is 1. The van der Waals surface area contributed by atoms with Gasteiger partial charge in [0.1, 0.15) is 5.82 Å². The van der Waals surface area contributed by atoms with E-state index in [1.54, 1.807) is 23.9 Å². The van der Waals surface area contributed by atoms with Crippen LogP contribution in [0.3, 0.4) is 0 Å². The summed E-state index contributed by atoms with van der Waals surface area (Å²) in [6.07, 6.45) is 3.07. The predicted octanol–water partition coefficient (Wildman–Crippen LogP) is 4.34. The van der Waals surface area contributed by atoms with Crippen LogP contribution in [-0.4, -0.2) is 21.5 Å². The summed E-state index contributed by atoms with van der Waals surface area (Å²) < 4.78 is 0. The van der Waals surface area contributed by atoms with Crippen LogP contribution < -0.4 is 10.9 Å². The average Bonchev–Trinajstić information content (AvgIpc) is 2.72. The zero-order chi connectivity index (χ0) is 21.3. The van der Waals surface area contributed by atoms with Gasteiger partial charge in [0.15, 0.2) is 10.9 Å². The van der Waals surface area contributed by atoms with Crippen LogP contribution in [0.5, 0.6) is 0 Å². The van der Waals surface area contributed by atoms with Crippen molar-refractivity contribution in [1.82, 2.24) is 9.97 Å². The van der Waals surface area contributed by atoms with Crippen molar-refractivity contribution in [2.75, 3.05) is 11.1 Å². The summed E-state index contributed by atoms with van der Waals surface area (Å²) in [6.45, 7) is 4.34. The molecule has 0 bridgehead atoms. The molecule has 30 heavy (non-hydrogen) atoms. The van der Waals surface area contributed by atoms with E-state index in [1.807, 2.05) is 12.1 Å². The Labute approximate surface area is 179 Å². The minimum Gasteiger partial charge on any atom is -0.343 e. The third-order valence-electron chi connectivity index (χ3n) is 5.54. The van der Waals surface area contributed by atoms with E-state index in [9.17, 15) is 9.59 Å². The summed E-state index contributed by atoms with van der Waals surface area (Å²) in [6, 6.07) is 9.22. The number of rotatable bonds is 5. The highest BCUT2D eigenvalue weighted by Gasteiger charge is 2.37. The number of anilines is 1. The third kappa shape index (κ3) is 3.92. The largest absolute Gasteiger partial charge is 0.343 e. The molecule has 1 unspecified atom stereocenters. The van der Waals surface area contributed by atoms with Gasteiger partial charge in [-0.2, -0.15) is 5.26 Å². The second-order valence-corrected chi connectivity index (χ2v) is 9.21. The molecule has 2 N–H and O–H groups in total. The van der Waals surface area contributed by atoms with E-state index in [-0.39, 0.29) is 11.3 Å². The Hall–Kier alpha value is -2.85. The Morgan fingerprint density at radius 1 is 1.23 bits per heavy atom. The van der Waals surface area contributed by atoms with Crippen LogP contribution in [0.25, 0.3) is 0 Å². The number of nitriles is 1. The zero-order valence-corrected chi connectivity index (χ0v) is 17.9. The lowest BCUT2D eigenvalue weighted by atomic mass is 9.76. The number of fused-ring (bicyclic) bond motifs is 1. The van der Waals surface area contributed by atoms with Gasteiger partial charge in [0, 0.05) is 29.4 Å². The fourth-order valence-corrected chi connectivity index (χ4v) is 5.09. The number of nitrogens with one attached hydrogen (secondary N) is 2. The van der Waals surface area contributed by atoms with Crippen molar-refractivity contribution in [2.45, 2.75) is 50.6 Å². The van der Waals surface area contributed by atoms with Crippen LogP contribution >= 0.6 is 11.8 Å². The van der Waals surface area contributed by atoms with E-state index in [0.717, 1.165) is 36.3 Å². The SMILES string of the molecule is CC(C)CCSc1nc2c(c(=O)[nH]1)C(c1ccc(C#N)cc1)C1=C(CCCC1=O)N2. The van der Waals surface area contributed by atoms with E-state index in [1.165, 1.54) is 0 Å². The standard InChI is InChI=1S/C23H24N4O2S/c1-13(2)10-11-30-23-26-21-20(22(29)27-23)18(15-8-6-14(12-24)7-9-15)19-16(25-21)4-3-5-17(19)28/h6-9,13,18H,3-5,10-11H2,1-2H3,(H2,25,26,27,29). The molecule has 0 saturated heterocycles. The number of carbonyl (C=O) groups is 1. The summed E-state index contributed by atoms with van der Waals surface area (Å²) in [5.74, 6) is 1.60. The molecule has 1 atom stereocenters. The molecule has 6 nitrogen and oxygen atoms in total. The average molecular weight is 421 g/mol. The monoisotopic (exact) mass is 420 g/mol. The Morgan fingerprint density at radius 3 is 2.70 bits per heavy atom. The van der Waals surface area contributed by atoms with Crippen LogP contribution in [-0.2, 0) is 4.79 Å². The second-order valence-electron chi connectivity index (χ2n) is 8.13. The van der Waals surface area contributed by atoms with Gasteiger partial charge in [0.05, 0.1) is 17.2 Å². The summed E-state index contributed by atoms with van der Waals surface area (Å²) in [4.78, 5) is 33.6. The Kier molecular flexibility index (Phi) is 5.78. The van der Waals surface area contributed by atoms with E-state index in [4.69, 9.17) is 10.2 Å². The molecule has 0 fully saturated rings. The lowest BCUT2D eigenvalue weighted by molar-refractivity contribution is -0.116. The predicted molar refractivity (Wildman–Crippen MR) is 118 cm³/mol. The van der Waals surface area contributed by atoms with Gasteiger partial charge in [-0.3, -0.25) is 9.59 Å². The molecule has 1 aliphatic carbocycles. The van der Waals surface area contributed by atoms with Crippen molar-refractivity contribution in [2.24, 2.45) is 5.92 Å². The van der Waals surface area contributed by atoms with Crippen molar-refractivity contribution in [3.63, 3.8) is 0 Å². The van der Waals surface area contributed by atoms with Crippen molar-refractivity contribution in [1.29, 1.82) is 5.26 Å². The zero-order valence-electron chi connectivity index (χ0n) is 17.1. The highest BCUT2D eigenvalue weighted by molar-refractivity contribution is 7.99. The van der Waals surface area contributed by atoms with Gasteiger partial charge in [-0.25, -0.2) is 4.98 Å². The van der Waals surface area contributed by atoms with Gasteiger partial charge >= 0.3 is 0 Å². The maximum Gasteiger partial charge on any atom is 0.257 e. The molecule has 1 aromatic carbocycles. The van der Waals surface area contributed by atoms with Crippen molar-refractivity contribution >= 4 is 23.4 Å². The third-order valence-corrected chi connectivity index (χ3v) is 6.45. The van der Waals surface area contributed by atoms with Crippen LogP contribution in [0.2, 0.25) is 0 Å². The van der Waals surface area contributed by atoms with Gasteiger partial charge in [0.2, 0.25) is 0 Å². The molecule has 154 valence electrons. The molecule has 1 aliphatic heterocycles. The summed E-state index contributed by atoms with van der Waals surface area (Å²) >= 11 is 1.54. The summed E-state index contributed by atoms with van der Waals surface area (Å²) in [5.41, 5.74) is 3.14. The first-order chi connectivity index (χ1) is 14.5. The van der Waals surface area contributed by atoms with Crippen LogP contribution in [0.15, 0.2) is 45.5 Å². The maximum atomic E-state index is 13.1. The Morgan fingerprint density at radius 2 is 2.00 bits per heavy atom. The first kappa shape index (κ1) is 20.4. The fraction of sp³-hybridized carbons (Fsp3) is 0.391. The molecule has 2 aromatic rings. The van der Waals surface area contributed by atoms with Crippen molar-refractivity contribution < 1.29 is 4.79 Å². The quantitative estimate of drug-likeness (QED) is 0.551. The minimum atomic E-state index is -0.470. The minimum absolute atomic E-state index is 0.0681.